The number of nitrogens with zero attached hydrogens (tertiary/aromatic N) is 3. The van der Waals surface area contributed by atoms with Crippen LogP contribution in [0.1, 0.15) is 11.5 Å². The van der Waals surface area contributed by atoms with Crippen LogP contribution in [0.15, 0.2) is 73.0 Å². The summed E-state index contributed by atoms with van der Waals surface area (Å²) >= 11 is 4.30. The van der Waals surface area contributed by atoms with Crippen molar-refractivity contribution in [2.75, 3.05) is 18.5 Å². The van der Waals surface area contributed by atoms with Crippen molar-refractivity contribution in [1.29, 1.82) is 0 Å². The van der Waals surface area contributed by atoms with Crippen molar-refractivity contribution in [3.8, 4) is 11.5 Å². The Balaban J connectivity index is 2.19. The summed E-state index contributed by atoms with van der Waals surface area (Å²) in [6.45, 7) is 0. The molecule has 0 bridgehead atoms. The SMILES string of the molecule is CSCOC(=O)C(N)=C(Br)C(=Nc1ccccc1C(F)(F)F)c1nnc(-c2cccc(S(C)(=O)=O)c2)o1. The summed E-state index contributed by atoms with van der Waals surface area (Å²) in [5, 5.41) is 7.70. The first-order chi connectivity index (χ1) is 17.3. The van der Waals surface area contributed by atoms with E-state index in [9.17, 15) is 26.4 Å². The zero-order chi connectivity index (χ0) is 27.4. The lowest BCUT2D eigenvalue weighted by Crippen LogP contribution is -2.19. The molecule has 1 aromatic heterocycles. The lowest BCUT2D eigenvalue weighted by atomic mass is 10.1. The monoisotopic (exact) mass is 618 g/mol. The Labute approximate surface area is 222 Å². The maximum atomic E-state index is 13.6. The Bertz CT molecular complexity index is 1490. The fourth-order valence-corrected chi connectivity index (χ4v) is 4.14. The zero-order valence-corrected chi connectivity index (χ0v) is 22.3. The molecule has 0 aliphatic rings. The third-order valence-corrected chi connectivity index (χ3v) is 6.82. The standard InChI is InChI=1S/C22H18BrF3N4O5S2/c1-36-11-34-21(31)17(27)16(23)18(28-15-9-4-3-8-14(15)22(24,25)26)20-30-29-19(35-20)12-6-5-7-13(10-12)37(2,32)33/h3-10H,11,27H2,1-2H3. The number of carbonyl (C=O) groups excluding carboxylic acids is 1. The van der Waals surface area contributed by atoms with Crippen molar-refractivity contribution < 1.29 is 35.5 Å². The van der Waals surface area contributed by atoms with Crippen LogP contribution < -0.4 is 5.73 Å². The molecule has 9 nitrogen and oxygen atoms in total. The average Bonchev–Trinajstić information content (AvgIpc) is 3.34. The summed E-state index contributed by atoms with van der Waals surface area (Å²) in [6, 6.07) is 10.1. The lowest BCUT2D eigenvalue weighted by molar-refractivity contribution is -0.137. The van der Waals surface area contributed by atoms with E-state index in [2.05, 4.69) is 31.1 Å². The van der Waals surface area contributed by atoms with Crippen molar-refractivity contribution in [3.63, 3.8) is 0 Å². The molecule has 0 spiro atoms. The van der Waals surface area contributed by atoms with Crippen LogP contribution in [0, 0.1) is 0 Å². The second kappa shape index (κ2) is 11.5. The molecular weight excluding hydrogens is 601 g/mol. The highest BCUT2D eigenvalue weighted by atomic mass is 79.9. The molecule has 15 heteroatoms. The van der Waals surface area contributed by atoms with Crippen molar-refractivity contribution in [1.82, 2.24) is 10.2 Å². The van der Waals surface area contributed by atoms with Gasteiger partial charge in [-0.15, -0.1) is 22.0 Å². The first-order valence-electron chi connectivity index (χ1n) is 10.0. The number of rotatable bonds is 8. The van der Waals surface area contributed by atoms with E-state index in [4.69, 9.17) is 14.9 Å². The number of hydrogen-bond acceptors (Lipinski definition) is 10. The fraction of sp³-hybridized carbons (Fsp3) is 0.182. The molecule has 0 fully saturated rings. The predicted octanol–water partition coefficient (Wildman–Crippen LogP) is 4.71. The van der Waals surface area contributed by atoms with Crippen LogP contribution in [-0.4, -0.2) is 48.7 Å². The molecule has 2 N–H and O–H groups in total. The van der Waals surface area contributed by atoms with Gasteiger partial charge in [-0.1, -0.05) is 18.2 Å². The number of benzene rings is 2. The molecule has 0 atom stereocenters. The quantitative estimate of drug-likeness (QED) is 0.165. The van der Waals surface area contributed by atoms with E-state index in [-0.39, 0.29) is 32.5 Å². The van der Waals surface area contributed by atoms with Gasteiger partial charge >= 0.3 is 12.1 Å². The number of alkyl halides is 3. The van der Waals surface area contributed by atoms with Crippen molar-refractivity contribution in [3.05, 3.63) is 70.2 Å². The van der Waals surface area contributed by atoms with E-state index >= 15 is 0 Å². The van der Waals surface area contributed by atoms with Crippen molar-refractivity contribution in [2.45, 2.75) is 11.1 Å². The number of aromatic nitrogens is 2. The van der Waals surface area contributed by atoms with Crippen LogP contribution in [-0.2, 0) is 25.5 Å². The molecule has 2 aromatic carbocycles. The maximum Gasteiger partial charge on any atom is 0.418 e. The van der Waals surface area contributed by atoms with Crippen LogP contribution in [0.2, 0.25) is 0 Å². The summed E-state index contributed by atoms with van der Waals surface area (Å²) in [5.41, 5.74) is 3.67. The highest BCUT2D eigenvalue weighted by Gasteiger charge is 2.34. The molecular formula is C22H18BrF3N4O5S2. The molecule has 0 unspecified atom stereocenters. The minimum atomic E-state index is -4.74. The van der Waals surface area contributed by atoms with Crippen molar-refractivity contribution in [2.24, 2.45) is 10.7 Å². The van der Waals surface area contributed by atoms with Gasteiger partial charge in [-0.25, -0.2) is 18.2 Å². The van der Waals surface area contributed by atoms with Crippen LogP contribution in [0.4, 0.5) is 18.9 Å². The van der Waals surface area contributed by atoms with E-state index in [1.807, 2.05) is 0 Å². The summed E-state index contributed by atoms with van der Waals surface area (Å²) in [5.74, 6) is -1.53. The summed E-state index contributed by atoms with van der Waals surface area (Å²) in [4.78, 5) is 16.3. The largest absolute Gasteiger partial charge is 0.450 e. The van der Waals surface area contributed by atoms with E-state index < -0.39 is 44.8 Å². The van der Waals surface area contributed by atoms with Crippen LogP contribution in [0.3, 0.4) is 0 Å². The maximum absolute atomic E-state index is 13.6. The van der Waals surface area contributed by atoms with Gasteiger partial charge in [-0.2, -0.15) is 13.2 Å². The van der Waals surface area contributed by atoms with Gasteiger partial charge in [0.1, 0.15) is 17.3 Å². The molecule has 37 heavy (non-hydrogen) atoms. The molecule has 0 radical (unpaired) electrons. The fourth-order valence-electron chi connectivity index (χ4n) is 2.82. The third-order valence-electron chi connectivity index (χ3n) is 4.55. The summed E-state index contributed by atoms with van der Waals surface area (Å²) < 4.78 is 74.9. The summed E-state index contributed by atoms with van der Waals surface area (Å²) in [7, 11) is -3.55. The second-order valence-electron chi connectivity index (χ2n) is 7.25. The number of ether oxygens (including phenoxy) is 1. The number of nitrogens with two attached hydrogens (primary N) is 1. The Morgan fingerprint density at radius 3 is 2.54 bits per heavy atom. The van der Waals surface area contributed by atoms with Gasteiger partial charge in [-0.3, -0.25) is 0 Å². The number of sulfone groups is 1. The first kappa shape index (κ1) is 28.4. The topological polar surface area (TPSA) is 138 Å². The van der Waals surface area contributed by atoms with E-state index in [0.29, 0.717) is 0 Å². The number of aliphatic imine (C=N–C) groups is 1. The second-order valence-corrected chi connectivity index (χ2v) is 10.9. The van der Waals surface area contributed by atoms with Crippen molar-refractivity contribution >= 4 is 54.9 Å². The number of allylic oxidation sites excluding steroid dienone is 1. The molecule has 0 amide bonds. The smallest absolute Gasteiger partial charge is 0.418 e. The number of hydrogen-bond donors (Lipinski definition) is 1. The molecule has 0 aliphatic heterocycles. The first-order valence-corrected chi connectivity index (χ1v) is 14.1. The number of carbonyl (C=O) groups is 1. The van der Waals surface area contributed by atoms with Gasteiger partial charge in [0.15, 0.2) is 9.84 Å². The van der Waals surface area contributed by atoms with Crippen LogP contribution in [0.25, 0.3) is 11.5 Å². The van der Waals surface area contributed by atoms with E-state index in [1.54, 1.807) is 6.26 Å². The van der Waals surface area contributed by atoms with Gasteiger partial charge < -0.3 is 14.9 Å². The average molecular weight is 619 g/mol. The normalized spacial score (nSPS) is 13.3. The minimum Gasteiger partial charge on any atom is -0.450 e. The highest BCUT2D eigenvalue weighted by molar-refractivity contribution is 9.12. The molecule has 3 aromatic rings. The Hall–Kier alpha value is -3.17. The molecule has 1 heterocycles. The highest BCUT2D eigenvalue weighted by Crippen LogP contribution is 2.37. The van der Waals surface area contributed by atoms with Crippen LogP contribution in [0.5, 0.6) is 0 Å². The van der Waals surface area contributed by atoms with E-state index in [1.165, 1.54) is 48.2 Å². The Morgan fingerprint density at radius 1 is 1.19 bits per heavy atom. The Kier molecular flexibility index (Phi) is 8.81. The predicted molar refractivity (Wildman–Crippen MR) is 135 cm³/mol. The van der Waals surface area contributed by atoms with Gasteiger partial charge in [0, 0.05) is 11.8 Å². The Morgan fingerprint density at radius 2 is 1.89 bits per heavy atom. The number of thioether (sulfide) groups is 1. The van der Waals surface area contributed by atoms with Crippen LogP contribution >= 0.6 is 27.7 Å². The zero-order valence-electron chi connectivity index (χ0n) is 19.1. The van der Waals surface area contributed by atoms with Gasteiger partial charge in [-0.05, 0) is 52.5 Å². The molecule has 0 aliphatic carbocycles. The minimum absolute atomic E-state index is 0.0143. The number of esters is 1. The van der Waals surface area contributed by atoms with Gasteiger partial charge in [0.2, 0.25) is 5.89 Å². The number of para-hydroxylation sites is 1. The van der Waals surface area contributed by atoms with E-state index in [0.717, 1.165) is 18.4 Å². The molecule has 196 valence electrons. The third kappa shape index (κ3) is 6.99. The molecule has 0 saturated carbocycles. The molecule has 3 rings (SSSR count). The van der Waals surface area contributed by atoms with Gasteiger partial charge in [0.05, 0.1) is 20.6 Å². The van der Waals surface area contributed by atoms with Gasteiger partial charge in [0.25, 0.3) is 5.89 Å². The molecule has 0 saturated heterocycles. The lowest BCUT2D eigenvalue weighted by Gasteiger charge is -2.11. The summed E-state index contributed by atoms with van der Waals surface area (Å²) in [6.07, 6.45) is -2.03. The number of halogens is 4.